The lowest BCUT2D eigenvalue weighted by Crippen LogP contribution is -2.42. The van der Waals surface area contributed by atoms with Crippen LogP contribution in [0.4, 0.5) is 18.9 Å². The number of halogens is 4. The van der Waals surface area contributed by atoms with Crippen LogP contribution >= 0.6 is 11.6 Å². The maximum absolute atomic E-state index is 13.7. The molecule has 26 heavy (non-hydrogen) atoms. The normalized spacial score (nSPS) is 19.8. The van der Waals surface area contributed by atoms with Gasteiger partial charge in [0.25, 0.3) is 5.91 Å². The Hall–Kier alpha value is -2.05. The molecule has 7 heteroatoms. The average molecular weight is 384 g/mol. The van der Waals surface area contributed by atoms with Crippen LogP contribution in [0.15, 0.2) is 36.4 Å². The van der Waals surface area contributed by atoms with Crippen molar-refractivity contribution in [2.75, 3.05) is 11.4 Å². The van der Waals surface area contributed by atoms with E-state index in [4.69, 9.17) is 11.6 Å². The van der Waals surface area contributed by atoms with Crippen LogP contribution < -0.4 is 4.90 Å². The van der Waals surface area contributed by atoms with E-state index in [1.165, 1.54) is 36.1 Å². The number of carbonyl (C=O) groups is 1. The molecular weight excluding hydrogens is 367 g/mol. The summed E-state index contributed by atoms with van der Waals surface area (Å²) in [6.07, 6.45) is -4.20. The molecule has 0 radical (unpaired) electrons. The second kappa shape index (κ2) is 6.28. The highest BCUT2D eigenvalue weighted by Crippen LogP contribution is 2.51. The number of aliphatic hydroxyl groups is 1. The Morgan fingerprint density at radius 2 is 1.88 bits per heavy atom. The van der Waals surface area contributed by atoms with Crippen LogP contribution in [0.2, 0.25) is 5.02 Å². The van der Waals surface area contributed by atoms with E-state index in [1.807, 2.05) is 0 Å². The molecule has 1 amide bonds. The largest absolute Gasteiger partial charge is 0.416 e. The van der Waals surface area contributed by atoms with E-state index in [1.54, 1.807) is 13.0 Å². The van der Waals surface area contributed by atoms with Gasteiger partial charge in [0.05, 0.1) is 11.3 Å². The fourth-order valence-corrected chi connectivity index (χ4v) is 3.72. The van der Waals surface area contributed by atoms with Crippen molar-refractivity contribution in [2.45, 2.75) is 32.0 Å². The number of benzene rings is 2. The first-order valence-corrected chi connectivity index (χ1v) is 8.51. The predicted octanol–water partition coefficient (Wildman–Crippen LogP) is 4.66. The lowest BCUT2D eigenvalue weighted by atomic mass is 9.84. The molecule has 1 N–H and O–H groups in total. The smallest absolute Gasteiger partial charge is 0.372 e. The van der Waals surface area contributed by atoms with Gasteiger partial charge in [-0.05, 0) is 37.1 Å². The first kappa shape index (κ1) is 18.7. The number of fused-ring (bicyclic) bond motifs is 1. The summed E-state index contributed by atoms with van der Waals surface area (Å²) in [5, 5.41) is 11.3. The lowest BCUT2D eigenvalue weighted by molar-refractivity contribution is -0.142. The summed E-state index contributed by atoms with van der Waals surface area (Å²) in [5.74, 6) is -0.821. The van der Waals surface area contributed by atoms with Crippen LogP contribution in [-0.4, -0.2) is 17.6 Å². The van der Waals surface area contributed by atoms with Gasteiger partial charge in [0.1, 0.15) is 0 Å². The maximum Gasteiger partial charge on any atom is 0.416 e. The monoisotopic (exact) mass is 383 g/mol. The van der Waals surface area contributed by atoms with Crippen molar-refractivity contribution >= 4 is 23.2 Å². The quantitative estimate of drug-likeness (QED) is 0.837. The molecule has 0 saturated carbocycles. The fourth-order valence-electron chi connectivity index (χ4n) is 3.45. The molecule has 1 unspecified atom stereocenters. The topological polar surface area (TPSA) is 40.5 Å². The van der Waals surface area contributed by atoms with E-state index in [0.29, 0.717) is 12.0 Å². The lowest BCUT2D eigenvalue weighted by Gasteiger charge is -2.26. The van der Waals surface area contributed by atoms with Crippen molar-refractivity contribution in [1.82, 2.24) is 0 Å². The summed E-state index contributed by atoms with van der Waals surface area (Å²) < 4.78 is 41.2. The van der Waals surface area contributed by atoms with Crippen LogP contribution in [0.3, 0.4) is 0 Å². The van der Waals surface area contributed by atoms with Crippen LogP contribution in [-0.2, 0) is 16.6 Å². The Labute approximate surface area is 154 Å². The summed E-state index contributed by atoms with van der Waals surface area (Å²) in [4.78, 5) is 14.3. The van der Waals surface area contributed by atoms with E-state index < -0.39 is 28.8 Å². The zero-order valence-corrected chi connectivity index (χ0v) is 14.9. The van der Waals surface area contributed by atoms with Crippen molar-refractivity contribution in [1.29, 1.82) is 0 Å². The predicted molar refractivity (Wildman–Crippen MR) is 93.3 cm³/mol. The molecule has 2 aromatic rings. The molecule has 1 aliphatic heterocycles. The highest BCUT2D eigenvalue weighted by atomic mass is 35.5. The Balaban J connectivity index is 2.41. The summed E-state index contributed by atoms with van der Waals surface area (Å²) in [5.41, 5.74) is -3.59. The first-order chi connectivity index (χ1) is 12.1. The number of nitrogens with zero attached hydrogens (tertiary/aromatic N) is 1. The highest BCUT2D eigenvalue weighted by Gasteiger charge is 2.56. The van der Waals surface area contributed by atoms with Crippen LogP contribution in [0.5, 0.6) is 0 Å². The second-order valence-corrected chi connectivity index (χ2v) is 6.76. The molecule has 0 saturated heterocycles. The van der Waals surface area contributed by atoms with Crippen LogP contribution in [0.1, 0.15) is 35.6 Å². The Morgan fingerprint density at radius 1 is 1.23 bits per heavy atom. The fraction of sp³-hybridized carbons (Fsp3) is 0.316. The molecule has 138 valence electrons. The minimum atomic E-state index is -4.73. The minimum absolute atomic E-state index is 0.0290. The zero-order chi connectivity index (χ0) is 19.3. The zero-order valence-electron chi connectivity index (χ0n) is 14.2. The maximum atomic E-state index is 13.7. The van der Waals surface area contributed by atoms with E-state index in [-0.39, 0.29) is 22.8 Å². The van der Waals surface area contributed by atoms with Gasteiger partial charge in [0.2, 0.25) is 0 Å². The number of alkyl halides is 3. The summed E-state index contributed by atoms with van der Waals surface area (Å²) >= 11 is 6.14. The third kappa shape index (κ3) is 2.68. The molecular formula is C19H17ClF3NO2. The van der Waals surface area contributed by atoms with Gasteiger partial charge >= 0.3 is 6.18 Å². The molecule has 0 aromatic heterocycles. The molecule has 0 aliphatic carbocycles. The second-order valence-electron chi connectivity index (χ2n) is 6.35. The van der Waals surface area contributed by atoms with E-state index in [2.05, 4.69) is 0 Å². The molecule has 1 heterocycles. The van der Waals surface area contributed by atoms with Crippen molar-refractivity contribution in [3.05, 3.63) is 63.7 Å². The standard InChI is InChI=1S/C19H17ClF3NO2/c1-3-8-24-15-10-11(2)9-13(19(21,22)23)16(15)18(26,17(24)25)12-6-4-5-7-14(12)20/h4-7,9-10,26H,3,8H2,1-2H3. The number of anilines is 1. The highest BCUT2D eigenvalue weighted by molar-refractivity contribution is 6.32. The molecule has 0 spiro atoms. The summed E-state index contributed by atoms with van der Waals surface area (Å²) in [7, 11) is 0. The van der Waals surface area contributed by atoms with Gasteiger partial charge in [0.15, 0.2) is 5.60 Å². The van der Waals surface area contributed by atoms with Crippen molar-refractivity contribution in [3.63, 3.8) is 0 Å². The van der Waals surface area contributed by atoms with Gasteiger partial charge in [-0.2, -0.15) is 13.2 Å². The average Bonchev–Trinajstić information content (AvgIpc) is 2.76. The number of carbonyl (C=O) groups excluding carboxylic acids is 1. The summed E-state index contributed by atoms with van der Waals surface area (Å²) in [6.45, 7) is 3.52. The Bertz CT molecular complexity index is 882. The van der Waals surface area contributed by atoms with Gasteiger partial charge in [-0.1, -0.05) is 36.7 Å². The molecule has 0 fully saturated rings. The number of amides is 1. The third-order valence-electron chi connectivity index (χ3n) is 4.49. The van der Waals surface area contributed by atoms with Gasteiger partial charge in [-0.25, -0.2) is 0 Å². The number of hydrogen-bond donors (Lipinski definition) is 1. The molecule has 3 rings (SSSR count). The van der Waals surface area contributed by atoms with Crippen molar-refractivity contribution in [2.24, 2.45) is 0 Å². The van der Waals surface area contributed by atoms with Gasteiger partial charge in [-0.3, -0.25) is 4.79 Å². The third-order valence-corrected chi connectivity index (χ3v) is 4.81. The minimum Gasteiger partial charge on any atom is -0.372 e. The van der Waals surface area contributed by atoms with Crippen molar-refractivity contribution in [3.8, 4) is 0 Å². The van der Waals surface area contributed by atoms with Gasteiger partial charge < -0.3 is 10.0 Å². The molecule has 1 atom stereocenters. The van der Waals surface area contributed by atoms with E-state index in [9.17, 15) is 23.1 Å². The molecule has 2 aromatic carbocycles. The Kier molecular flexibility index (Phi) is 4.53. The number of aryl methyl sites for hydroxylation is 1. The van der Waals surface area contributed by atoms with E-state index in [0.717, 1.165) is 6.07 Å². The van der Waals surface area contributed by atoms with Crippen LogP contribution in [0.25, 0.3) is 0 Å². The molecule has 0 bridgehead atoms. The van der Waals surface area contributed by atoms with E-state index >= 15 is 0 Å². The summed E-state index contributed by atoms with van der Waals surface area (Å²) in [6, 6.07) is 8.36. The molecule has 1 aliphatic rings. The molecule has 3 nitrogen and oxygen atoms in total. The Morgan fingerprint density at radius 3 is 2.46 bits per heavy atom. The first-order valence-electron chi connectivity index (χ1n) is 8.14. The number of hydrogen-bond acceptors (Lipinski definition) is 2. The SMILES string of the molecule is CCCN1C(=O)C(O)(c2ccccc2Cl)c2c1cc(C)cc2C(F)(F)F. The van der Waals surface area contributed by atoms with Crippen LogP contribution in [0, 0.1) is 6.92 Å². The van der Waals surface area contributed by atoms with Gasteiger partial charge in [-0.15, -0.1) is 0 Å². The van der Waals surface area contributed by atoms with Crippen molar-refractivity contribution < 1.29 is 23.1 Å². The van der Waals surface area contributed by atoms with Gasteiger partial charge in [0, 0.05) is 22.7 Å². The number of rotatable bonds is 3.